The average Bonchev–Trinajstić information content (AvgIpc) is 3.35. The van der Waals surface area contributed by atoms with Crippen molar-refractivity contribution in [1.29, 1.82) is 0 Å². The Morgan fingerprint density at radius 2 is 1.86 bits per heavy atom. The number of anilines is 1. The van der Waals surface area contributed by atoms with E-state index in [1.807, 2.05) is 18.2 Å². The SMILES string of the molecule is O=Cc1cccc(F)c1N1CCC(NC(=O)C2(NC(=O)c3cc4ccccc4o3)CCCCC2)C(=O)C1. The van der Waals surface area contributed by atoms with Gasteiger partial charge >= 0.3 is 0 Å². The third-order valence-corrected chi connectivity index (χ3v) is 7.33. The average molecular weight is 506 g/mol. The van der Waals surface area contributed by atoms with Crippen molar-refractivity contribution in [2.75, 3.05) is 18.0 Å². The number of amides is 2. The number of piperidine rings is 1. The molecule has 2 aliphatic rings. The molecule has 5 rings (SSSR count). The summed E-state index contributed by atoms with van der Waals surface area (Å²) >= 11 is 0. The van der Waals surface area contributed by atoms with Crippen molar-refractivity contribution in [3.05, 3.63) is 65.7 Å². The highest BCUT2D eigenvalue weighted by atomic mass is 19.1. The van der Waals surface area contributed by atoms with Crippen LogP contribution in [0.3, 0.4) is 0 Å². The third kappa shape index (κ3) is 4.85. The first kappa shape index (κ1) is 24.7. The lowest BCUT2D eigenvalue weighted by Crippen LogP contribution is -2.63. The van der Waals surface area contributed by atoms with E-state index in [-0.39, 0.29) is 42.3 Å². The first-order valence-electron chi connectivity index (χ1n) is 12.5. The summed E-state index contributed by atoms with van der Waals surface area (Å²) < 4.78 is 20.1. The number of carbonyl (C=O) groups is 4. The minimum atomic E-state index is -1.15. The van der Waals surface area contributed by atoms with E-state index in [0.29, 0.717) is 24.7 Å². The van der Waals surface area contributed by atoms with Crippen molar-refractivity contribution in [3.63, 3.8) is 0 Å². The molecule has 1 aromatic heterocycles. The fraction of sp³-hybridized carbons (Fsp3) is 0.357. The van der Waals surface area contributed by atoms with Crippen LogP contribution in [0.2, 0.25) is 0 Å². The molecule has 2 N–H and O–H groups in total. The van der Waals surface area contributed by atoms with Crippen LogP contribution in [0.1, 0.15) is 59.4 Å². The molecule has 1 aliphatic carbocycles. The number of Topliss-reactive ketones (excluding diaryl/α,β-unsaturated/α-hetero) is 1. The second kappa shape index (κ2) is 10.2. The molecule has 37 heavy (non-hydrogen) atoms. The number of rotatable bonds is 6. The Morgan fingerprint density at radius 1 is 1.08 bits per heavy atom. The van der Waals surface area contributed by atoms with E-state index in [1.165, 1.54) is 23.1 Å². The first-order valence-corrected chi connectivity index (χ1v) is 12.5. The summed E-state index contributed by atoms with van der Waals surface area (Å²) in [5.74, 6) is -1.61. The minimum absolute atomic E-state index is 0.0949. The lowest BCUT2D eigenvalue weighted by atomic mass is 9.80. The van der Waals surface area contributed by atoms with Crippen LogP contribution in [0, 0.1) is 5.82 Å². The molecule has 2 heterocycles. The molecule has 3 aromatic rings. The summed E-state index contributed by atoms with van der Waals surface area (Å²) in [5, 5.41) is 6.56. The maximum absolute atomic E-state index is 14.4. The summed E-state index contributed by atoms with van der Waals surface area (Å²) in [6.07, 6.45) is 4.21. The molecular weight excluding hydrogens is 477 g/mol. The Hall–Kier alpha value is -4.01. The van der Waals surface area contributed by atoms with E-state index in [4.69, 9.17) is 4.42 Å². The number of fused-ring (bicyclic) bond motifs is 1. The van der Waals surface area contributed by atoms with Gasteiger partial charge in [0.25, 0.3) is 5.91 Å². The zero-order chi connectivity index (χ0) is 26.0. The van der Waals surface area contributed by atoms with Crippen molar-refractivity contribution in [1.82, 2.24) is 10.6 Å². The van der Waals surface area contributed by atoms with Gasteiger partial charge in [-0.05, 0) is 43.5 Å². The van der Waals surface area contributed by atoms with Crippen LogP contribution in [0.15, 0.2) is 52.9 Å². The van der Waals surface area contributed by atoms with E-state index >= 15 is 0 Å². The van der Waals surface area contributed by atoms with Crippen molar-refractivity contribution in [2.24, 2.45) is 0 Å². The lowest BCUT2D eigenvalue weighted by molar-refractivity contribution is -0.133. The Morgan fingerprint density at radius 3 is 2.59 bits per heavy atom. The molecule has 2 amide bonds. The highest BCUT2D eigenvalue weighted by Gasteiger charge is 2.43. The number of ketones is 1. The lowest BCUT2D eigenvalue weighted by Gasteiger charge is -2.39. The van der Waals surface area contributed by atoms with Gasteiger partial charge in [0, 0.05) is 17.5 Å². The van der Waals surface area contributed by atoms with Crippen LogP contribution in [0.5, 0.6) is 0 Å². The Balaban J connectivity index is 1.30. The second-order valence-corrected chi connectivity index (χ2v) is 9.74. The molecule has 1 unspecified atom stereocenters. The van der Waals surface area contributed by atoms with Gasteiger partial charge < -0.3 is 20.0 Å². The van der Waals surface area contributed by atoms with E-state index in [0.717, 1.165) is 24.6 Å². The van der Waals surface area contributed by atoms with Crippen molar-refractivity contribution >= 4 is 40.5 Å². The van der Waals surface area contributed by atoms with Gasteiger partial charge in [-0.1, -0.05) is 43.5 Å². The number of hydrogen-bond donors (Lipinski definition) is 2. The molecule has 192 valence electrons. The molecule has 1 aliphatic heterocycles. The minimum Gasteiger partial charge on any atom is -0.451 e. The summed E-state index contributed by atoms with van der Waals surface area (Å²) in [6, 6.07) is 12.4. The Bertz CT molecular complexity index is 1330. The number of para-hydroxylation sites is 2. The number of nitrogens with one attached hydrogen (secondary N) is 2. The Labute approximate surface area is 213 Å². The third-order valence-electron chi connectivity index (χ3n) is 7.33. The molecule has 0 bridgehead atoms. The molecule has 0 spiro atoms. The van der Waals surface area contributed by atoms with Crippen molar-refractivity contribution in [3.8, 4) is 0 Å². The van der Waals surface area contributed by atoms with Crippen LogP contribution < -0.4 is 15.5 Å². The number of nitrogens with zero attached hydrogens (tertiary/aromatic N) is 1. The number of furan rings is 1. The molecule has 2 fully saturated rings. The molecule has 8 nitrogen and oxygen atoms in total. The van der Waals surface area contributed by atoms with Gasteiger partial charge in [-0.3, -0.25) is 19.2 Å². The number of hydrogen-bond acceptors (Lipinski definition) is 6. The van der Waals surface area contributed by atoms with Crippen LogP contribution in [0.25, 0.3) is 11.0 Å². The normalized spacial score (nSPS) is 19.4. The number of halogens is 1. The predicted octanol–water partition coefficient (Wildman–Crippen LogP) is 3.78. The molecule has 2 aromatic carbocycles. The molecule has 9 heteroatoms. The van der Waals surface area contributed by atoms with Gasteiger partial charge in [-0.2, -0.15) is 0 Å². The van der Waals surface area contributed by atoms with Gasteiger partial charge in [-0.25, -0.2) is 4.39 Å². The molecular formula is C28H28FN3O5. The quantitative estimate of drug-likeness (QED) is 0.494. The summed E-state index contributed by atoms with van der Waals surface area (Å²) in [7, 11) is 0. The zero-order valence-electron chi connectivity index (χ0n) is 20.3. The van der Waals surface area contributed by atoms with Crippen LogP contribution in [-0.2, 0) is 9.59 Å². The fourth-order valence-corrected chi connectivity index (χ4v) is 5.36. The predicted molar refractivity (Wildman–Crippen MR) is 135 cm³/mol. The molecule has 1 atom stereocenters. The largest absolute Gasteiger partial charge is 0.451 e. The molecule has 1 saturated heterocycles. The highest BCUT2D eigenvalue weighted by molar-refractivity contribution is 6.01. The maximum atomic E-state index is 14.4. The summed E-state index contributed by atoms with van der Waals surface area (Å²) in [6.45, 7) is 0.155. The summed E-state index contributed by atoms with van der Waals surface area (Å²) in [4.78, 5) is 52.6. The van der Waals surface area contributed by atoms with Crippen molar-refractivity contribution in [2.45, 2.75) is 50.1 Å². The second-order valence-electron chi connectivity index (χ2n) is 9.74. The van der Waals surface area contributed by atoms with Gasteiger partial charge in [0.2, 0.25) is 5.91 Å². The van der Waals surface area contributed by atoms with Gasteiger partial charge in [-0.15, -0.1) is 0 Å². The van der Waals surface area contributed by atoms with Gasteiger partial charge in [0.05, 0.1) is 18.3 Å². The van der Waals surface area contributed by atoms with Crippen LogP contribution >= 0.6 is 0 Å². The van der Waals surface area contributed by atoms with Gasteiger partial charge in [0.1, 0.15) is 16.9 Å². The van der Waals surface area contributed by atoms with Crippen LogP contribution in [-0.4, -0.2) is 48.6 Å². The smallest absolute Gasteiger partial charge is 0.287 e. The standard InChI is InChI=1S/C28H28FN3O5/c29-20-9-6-8-19(17-33)25(20)32-14-11-21(22(34)16-32)30-27(36)28(12-4-1-5-13-28)31-26(35)24-15-18-7-2-3-10-23(18)37-24/h2-3,6-10,15,17,21H,1,4-5,11-14,16H2,(H,30,36)(H,31,35). The van der Waals surface area contributed by atoms with E-state index in [2.05, 4.69) is 10.6 Å². The maximum Gasteiger partial charge on any atom is 0.287 e. The van der Waals surface area contributed by atoms with E-state index < -0.39 is 29.2 Å². The monoisotopic (exact) mass is 505 g/mol. The number of benzene rings is 2. The topological polar surface area (TPSA) is 109 Å². The van der Waals surface area contributed by atoms with Crippen molar-refractivity contribution < 1.29 is 28.0 Å². The van der Waals surface area contributed by atoms with E-state index in [9.17, 15) is 23.6 Å². The number of aldehydes is 1. The van der Waals surface area contributed by atoms with Crippen LogP contribution in [0.4, 0.5) is 10.1 Å². The van der Waals surface area contributed by atoms with Gasteiger partial charge in [0.15, 0.2) is 17.8 Å². The summed E-state index contributed by atoms with van der Waals surface area (Å²) in [5.41, 5.74) is -0.302. The highest BCUT2D eigenvalue weighted by Crippen LogP contribution is 2.31. The first-order chi connectivity index (χ1) is 17.9. The number of carbonyl (C=O) groups excluding carboxylic acids is 4. The molecule has 1 saturated carbocycles. The molecule has 0 radical (unpaired) electrons. The zero-order valence-corrected chi connectivity index (χ0v) is 20.3. The Kier molecular flexibility index (Phi) is 6.78. The fourth-order valence-electron chi connectivity index (χ4n) is 5.36. The van der Waals surface area contributed by atoms with E-state index in [1.54, 1.807) is 12.1 Å².